The van der Waals surface area contributed by atoms with E-state index in [1.165, 1.54) is 12.7 Å². The number of hydrogen-bond acceptors (Lipinski definition) is 3. The Hall–Kier alpha value is -1.35. The standard InChI is InChI=1S/C14H20O3/c1-14(11-15,9-8-13(16)17-2)10-12-6-4-3-5-7-12/h3-7,15H,8-11H2,1-2H3. The minimum absolute atomic E-state index is 0.0683. The molecule has 1 aromatic rings. The second-order valence-corrected chi connectivity index (χ2v) is 4.71. The van der Waals surface area contributed by atoms with E-state index in [2.05, 4.69) is 4.74 Å². The maximum atomic E-state index is 11.1. The highest BCUT2D eigenvalue weighted by Crippen LogP contribution is 2.27. The number of methoxy groups -OCH3 is 1. The molecule has 3 nitrogen and oxygen atoms in total. The van der Waals surface area contributed by atoms with Gasteiger partial charge in [-0.05, 0) is 23.8 Å². The van der Waals surface area contributed by atoms with Crippen molar-refractivity contribution in [1.29, 1.82) is 0 Å². The van der Waals surface area contributed by atoms with Crippen molar-refractivity contribution in [3.05, 3.63) is 35.9 Å². The fraction of sp³-hybridized carbons (Fsp3) is 0.500. The maximum absolute atomic E-state index is 11.1. The highest BCUT2D eigenvalue weighted by atomic mass is 16.5. The molecular weight excluding hydrogens is 216 g/mol. The molecule has 94 valence electrons. The first-order valence-corrected chi connectivity index (χ1v) is 5.81. The van der Waals surface area contributed by atoms with Crippen molar-refractivity contribution in [2.75, 3.05) is 13.7 Å². The van der Waals surface area contributed by atoms with E-state index >= 15 is 0 Å². The molecule has 1 atom stereocenters. The molecule has 0 saturated carbocycles. The van der Waals surface area contributed by atoms with E-state index < -0.39 is 0 Å². The highest BCUT2D eigenvalue weighted by Gasteiger charge is 2.24. The molecule has 0 aliphatic carbocycles. The fourth-order valence-corrected chi connectivity index (χ4v) is 1.82. The molecule has 0 fully saturated rings. The van der Waals surface area contributed by atoms with Gasteiger partial charge in [0.25, 0.3) is 0 Å². The van der Waals surface area contributed by atoms with E-state index in [1.54, 1.807) is 0 Å². The smallest absolute Gasteiger partial charge is 0.305 e. The number of hydrogen-bond donors (Lipinski definition) is 1. The first kappa shape index (κ1) is 13.7. The molecule has 17 heavy (non-hydrogen) atoms. The normalized spacial score (nSPS) is 14.1. The van der Waals surface area contributed by atoms with Crippen LogP contribution in [0.15, 0.2) is 30.3 Å². The van der Waals surface area contributed by atoms with Crippen LogP contribution in [0.2, 0.25) is 0 Å². The molecule has 0 aromatic heterocycles. The minimum atomic E-state index is -0.268. The van der Waals surface area contributed by atoms with Crippen LogP contribution in [0.4, 0.5) is 0 Å². The number of carbonyl (C=O) groups excluding carboxylic acids is 1. The van der Waals surface area contributed by atoms with Gasteiger partial charge in [-0.15, -0.1) is 0 Å². The molecular formula is C14H20O3. The topological polar surface area (TPSA) is 46.5 Å². The Balaban J connectivity index is 2.59. The number of rotatable bonds is 6. The number of benzene rings is 1. The lowest BCUT2D eigenvalue weighted by Crippen LogP contribution is -2.25. The van der Waals surface area contributed by atoms with E-state index in [1.807, 2.05) is 37.3 Å². The van der Waals surface area contributed by atoms with Crippen LogP contribution in [0, 0.1) is 5.41 Å². The Bertz CT molecular complexity index is 348. The van der Waals surface area contributed by atoms with Crippen LogP contribution in [-0.2, 0) is 16.0 Å². The summed E-state index contributed by atoms with van der Waals surface area (Å²) in [7, 11) is 1.38. The first-order valence-electron chi connectivity index (χ1n) is 5.81. The van der Waals surface area contributed by atoms with Crippen molar-refractivity contribution < 1.29 is 14.6 Å². The molecule has 1 rings (SSSR count). The van der Waals surface area contributed by atoms with E-state index in [4.69, 9.17) is 0 Å². The third kappa shape index (κ3) is 4.57. The summed E-state index contributed by atoms with van der Waals surface area (Å²) in [6.07, 6.45) is 1.74. The largest absolute Gasteiger partial charge is 0.469 e. The van der Waals surface area contributed by atoms with Crippen molar-refractivity contribution in [1.82, 2.24) is 0 Å². The third-order valence-corrected chi connectivity index (χ3v) is 3.02. The molecule has 1 N–H and O–H groups in total. The molecule has 1 unspecified atom stereocenters. The molecule has 0 amide bonds. The maximum Gasteiger partial charge on any atom is 0.305 e. The van der Waals surface area contributed by atoms with Crippen molar-refractivity contribution in [3.8, 4) is 0 Å². The average Bonchev–Trinajstić information content (AvgIpc) is 2.37. The van der Waals surface area contributed by atoms with Gasteiger partial charge >= 0.3 is 5.97 Å². The predicted molar refractivity (Wildman–Crippen MR) is 66.6 cm³/mol. The molecule has 0 radical (unpaired) electrons. The first-order chi connectivity index (χ1) is 8.09. The summed E-state index contributed by atoms with van der Waals surface area (Å²) in [6, 6.07) is 9.99. The second-order valence-electron chi connectivity index (χ2n) is 4.71. The van der Waals surface area contributed by atoms with Gasteiger partial charge in [0, 0.05) is 13.0 Å². The molecule has 3 heteroatoms. The van der Waals surface area contributed by atoms with Crippen LogP contribution >= 0.6 is 0 Å². The zero-order valence-electron chi connectivity index (χ0n) is 10.5. The second kappa shape index (κ2) is 6.40. The van der Waals surface area contributed by atoms with Gasteiger partial charge in [-0.1, -0.05) is 37.3 Å². The Kier molecular flexibility index (Phi) is 5.16. The van der Waals surface area contributed by atoms with Crippen molar-refractivity contribution >= 4 is 5.97 Å². The summed E-state index contributed by atoms with van der Waals surface area (Å²) in [4.78, 5) is 11.1. The summed E-state index contributed by atoms with van der Waals surface area (Å²) < 4.78 is 4.62. The molecule has 0 spiro atoms. The minimum Gasteiger partial charge on any atom is -0.469 e. The number of ether oxygens (including phenoxy) is 1. The van der Waals surface area contributed by atoms with Crippen molar-refractivity contribution in [2.45, 2.75) is 26.2 Å². The molecule has 1 aromatic carbocycles. The Morgan fingerprint density at radius 2 is 2.00 bits per heavy atom. The Morgan fingerprint density at radius 1 is 1.35 bits per heavy atom. The van der Waals surface area contributed by atoms with E-state index in [0.717, 1.165) is 6.42 Å². The zero-order chi connectivity index (χ0) is 12.7. The molecule has 0 bridgehead atoms. The number of aliphatic hydroxyl groups excluding tert-OH is 1. The van der Waals surface area contributed by atoms with Gasteiger partial charge in [-0.25, -0.2) is 0 Å². The van der Waals surface area contributed by atoms with Crippen molar-refractivity contribution in [2.24, 2.45) is 5.41 Å². The molecule has 0 saturated heterocycles. The zero-order valence-corrected chi connectivity index (χ0v) is 10.5. The highest BCUT2D eigenvalue weighted by molar-refractivity contribution is 5.69. The van der Waals surface area contributed by atoms with E-state index in [-0.39, 0.29) is 18.0 Å². The molecule has 0 heterocycles. The summed E-state index contributed by atoms with van der Waals surface area (Å²) in [6.45, 7) is 2.06. The predicted octanol–water partition coefficient (Wildman–Crippen LogP) is 2.18. The summed E-state index contributed by atoms with van der Waals surface area (Å²) in [5.41, 5.74) is 0.907. The lowest BCUT2D eigenvalue weighted by molar-refractivity contribution is -0.141. The molecule has 0 aliphatic heterocycles. The van der Waals surface area contributed by atoms with Gasteiger partial charge in [0.2, 0.25) is 0 Å². The van der Waals surface area contributed by atoms with Gasteiger partial charge in [0.05, 0.1) is 7.11 Å². The average molecular weight is 236 g/mol. The van der Waals surface area contributed by atoms with Crippen LogP contribution in [0.3, 0.4) is 0 Å². The van der Waals surface area contributed by atoms with E-state index in [9.17, 15) is 9.90 Å². The number of esters is 1. The third-order valence-electron chi connectivity index (χ3n) is 3.02. The summed E-state index contributed by atoms with van der Waals surface area (Å²) >= 11 is 0. The fourth-order valence-electron chi connectivity index (χ4n) is 1.82. The summed E-state index contributed by atoms with van der Waals surface area (Å²) in [5.74, 6) is -0.224. The van der Waals surface area contributed by atoms with E-state index in [0.29, 0.717) is 12.8 Å². The van der Waals surface area contributed by atoms with Crippen LogP contribution in [0.25, 0.3) is 0 Å². The monoisotopic (exact) mass is 236 g/mol. The quantitative estimate of drug-likeness (QED) is 0.770. The van der Waals surface area contributed by atoms with Gasteiger partial charge in [-0.3, -0.25) is 4.79 Å². The number of aliphatic hydroxyl groups is 1. The number of carbonyl (C=O) groups is 1. The molecule has 0 aliphatic rings. The van der Waals surface area contributed by atoms with Crippen molar-refractivity contribution in [3.63, 3.8) is 0 Å². The van der Waals surface area contributed by atoms with Crippen LogP contribution in [0.1, 0.15) is 25.3 Å². The lowest BCUT2D eigenvalue weighted by Gasteiger charge is -2.27. The van der Waals surface area contributed by atoms with Crippen LogP contribution in [0.5, 0.6) is 0 Å². The van der Waals surface area contributed by atoms with Gasteiger partial charge in [0.1, 0.15) is 0 Å². The van der Waals surface area contributed by atoms with Crippen LogP contribution in [-0.4, -0.2) is 24.8 Å². The Labute approximate surface area is 102 Å². The van der Waals surface area contributed by atoms with Gasteiger partial charge in [-0.2, -0.15) is 0 Å². The SMILES string of the molecule is COC(=O)CCC(C)(CO)Cc1ccccc1. The van der Waals surface area contributed by atoms with Crippen LogP contribution < -0.4 is 0 Å². The van der Waals surface area contributed by atoms with Gasteiger partial charge < -0.3 is 9.84 Å². The summed E-state index contributed by atoms with van der Waals surface area (Å²) in [5, 5.41) is 9.48. The van der Waals surface area contributed by atoms with Gasteiger partial charge in [0.15, 0.2) is 0 Å². The Morgan fingerprint density at radius 3 is 2.53 bits per heavy atom. The lowest BCUT2D eigenvalue weighted by atomic mass is 9.80.